The molecule has 3 aliphatic rings. The molecule has 23 nitrogen and oxygen atoms in total. The number of carbonyl (C=O) groups is 7. The van der Waals surface area contributed by atoms with Crippen LogP contribution in [-0.4, -0.2) is 129 Å². The average Bonchev–Trinajstić information content (AvgIpc) is 1.94. The largest absolute Gasteiger partial charge is 0.504 e. The van der Waals surface area contributed by atoms with Crippen molar-refractivity contribution in [2.75, 3.05) is 49.1 Å². The Kier molecular flexibility index (Phi) is 22.5. The lowest BCUT2D eigenvalue weighted by molar-refractivity contribution is -0.168. The normalized spacial score (nSPS) is 16.4. The molecule has 6 amide bonds. The van der Waals surface area contributed by atoms with E-state index in [1.165, 1.54) is 24.2 Å². The van der Waals surface area contributed by atoms with Gasteiger partial charge in [-0.15, -0.1) is 0 Å². The van der Waals surface area contributed by atoms with Crippen molar-refractivity contribution in [1.29, 1.82) is 0 Å². The first-order valence-electron chi connectivity index (χ1n) is 27.9. The predicted octanol–water partition coefficient (Wildman–Crippen LogP) is 5.94. The van der Waals surface area contributed by atoms with Gasteiger partial charge in [0, 0.05) is 61.0 Å². The van der Waals surface area contributed by atoms with E-state index in [0.29, 0.717) is 40.7 Å². The minimum Gasteiger partial charge on any atom is -0.504 e. The third kappa shape index (κ3) is 17.3. The summed E-state index contributed by atoms with van der Waals surface area (Å²) in [5, 5.41) is 52.3. The van der Waals surface area contributed by atoms with Gasteiger partial charge in [-0.3, -0.25) is 39.2 Å². The molecule has 1 saturated heterocycles. The van der Waals surface area contributed by atoms with E-state index in [4.69, 9.17) is 19.3 Å². The summed E-state index contributed by atoms with van der Waals surface area (Å²) in [5.74, 6) is -5.77. The fourth-order valence-electron chi connectivity index (χ4n) is 10.6. The Morgan fingerprint density at radius 2 is 1.71 bits per heavy atom. The molecule has 82 heavy (non-hydrogen) atoms. The number of hydrogen-bond donors (Lipinski definition) is 10. The van der Waals surface area contributed by atoms with E-state index in [-0.39, 0.29) is 68.4 Å². The van der Waals surface area contributed by atoms with Gasteiger partial charge < -0.3 is 51.3 Å². The van der Waals surface area contributed by atoms with Crippen LogP contribution in [0.3, 0.4) is 0 Å². The molecule has 4 atom stereocenters. The second kappa shape index (κ2) is 29.0. The van der Waals surface area contributed by atoms with Crippen LogP contribution in [0, 0.1) is 10.8 Å². The predicted molar refractivity (Wildman–Crippen MR) is 306 cm³/mol. The molecule has 446 valence electrons. The summed E-state index contributed by atoms with van der Waals surface area (Å²) in [6, 6.07) is 7.43. The summed E-state index contributed by atoms with van der Waals surface area (Å²) in [5.41, 5.74) is 9.23. The fourth-order valence-corrected chi connectivity index (χ4v) is 10.8. The number of aryl methyl sites for hydroxylation is 2. The van der Waals surface area contributed by atoms with Crippen molar-refractivity contribution in [3.8, 4) is 11.5 Å². The SMILES string of the molecule is CCC(C)(C)CC(C)(CS)CC(=O)N(O)CCCCC(NC(=O)CNC(=O)c1c(N)ccc(O)c1O)C(=O)OC(C)CC(=O)NC1CCCCN(O)C1=O.O=C(NCc1ccc[o+]c1)c1cc2cc3c4c(c2oc1=O)CCCN4CCC3. The van der Waals surface area contributed by atoms with Crippen molar-refractivity contribution >= 4 is 76.4 Å². The second-order valence-corrected chi connectivity index (χ2v) is 22.8. The number of benzene rings is 2. The maximum atomic E-state index is 13.3. The number of esters is 1. The lowest BCUT2D eigenvalue weighted by Crippen LogP contribution is -2.48. The van der Waals surface area contributed by atoms with Gasteiger partial charge in [0.05, 0.1) is 25.1 Å². The number of nitrogens with zero attached hydrogens (tertiary/aromatic N) is 3. The number of phenols is 2. The van der Waals surface area contributed by atoms with Gasteiger partial charge in [0.1, 0.15) is 34.9 Å². The number of rotatable bonds is 23. The van der Waals surface area contributed by atoms with Crippen molar-refractivity contribution in [2.45, 2.75) is 149 Å². The lowest BCUT2D eigenvalue weighted by atomic mass is 9.72. The molecule has 24 heteroatoms. The van der Waals surface area contributed by atoms with Crippen molar-refractivity contribution < 1.29 is 67.8 Å². The van der Waals surface area contributed by atoms with Crippen LogP contribution in [0.15, 0.2) is 62.6 Å². The highest BCUT2D eigenvalue weighted by Gasteiger charge is 2.35. The second-order valence-electron chi connectivity index (χ2n) is 22.5. The molecule has 0 bridgehead atoms. The Labute approximate surface area is 481 Å². The molecule has 2 aromatic heterocycles. The molecule has 4 unspecified atom stereocenters. The molecule has 1 fully saturated rings. The van der Waals surface area contributed by atoms with Crippen LogP contribution in [-0.2, 0) is 48.1 Å². The zero-order valence-electron chi connectivity index (χ0n) is 47.3. The number of aromatic hydroxyl groups is 2. The summed E-state index contributed by atoms with van der Waals surface area (Å²) in [7, 11) is 0. The average molecular weight is 1160 g/mol. The zero-order chi connectivity index (χ0) is 59.9. The van der Waals surface area contributed by atoms with Crippen LogP contribution in [0.2, 0.25) is 0 Å². The molecule has 0 spiro atoms. The van der Waals surface area contributed by atoms with E-state index in [0.717, 1.165) is 74.2 Å². The number of hydrogen-bond acceptors (Lipinski definition) is 17. The maximum Gasteiger partial charge on any atom is 0.349 e. The highest BCUT2D eigenvalue weighted by atomic mass is 32.1. The van der Waals surface area contributed by atoms with Gasteiger partial charge in [-0.1, -0.05) is 34.1 Å². The highest BCUT2D eigenvalue weighted by molar-refractivity contribution is 7.80. The summed E-state index contributed by atoms with van der Waals surface area (Å²) in [6.45, 7) is 11.5. The van der Waals surface area contributed by atoms with E-state index in [1.807, 2.05) is 13.0 Å². The Morgan fingerprint density at radius 1 is 0.963 bits per heavy atom. The number of ether oxygens (including phenoxy) is 1. The quantitative estimate of drug-likeness (QED) is 0.00392. The first-order valence-corrected chi connectivity index (χ1v) is 28.5. The van der Waals surface area contributed by atoms with Crippen molar-refractivity contribution in [1.82, 2.24) is 31.4 Å². The van der Waals surface area contributed by atoms with Crippen LogP contribution >= 0.6 is 12.6 Å². The van der Waals surface area contributed by atoms with E-state index < -0.39 is 94.2 Å². The maximum absolute atomic E-state index is 13.3. The molecule has 0 saturated carbocycles. The topological polar surface area (TPSA) is 335 Å². The van der Waals surface area contributed by atoms with Gasteiger partial charge in [0.25, 0.3) is 17.7 Å². The number of thiol groups is 1. The van der Waals surface area contributed by atoms with Crippen molar-refractivity contribution in [3.05, 3.63) is 87.2 Å². The first kappa shape index (κ1) is 63.7. The number of carbonyl (C=O) groups excluding carboxylic acids is 7. The van der Waals surface area contributed by atoms with Crippen molar-refractivity contribution in [2.24, 2.45) is 10.8 Å². The van der Waals surface area contributed by atoms with E-state index in [9.17, 15) is 59.0 Å². The summed E-state index contributed by atoms with van der Waals surface area (Å²) in [4.78, 5) is 104. The summed E-state index contributed by atoms with van der Waals surface area (Å²) < 4.78 is 16.2. The van der Waals surface area contributed by atoms with Gasteiger partial charge in [-0.25, -0.2) is 24.1 Å². The Balaban J connectivity index is 0.000000318. The molecule has 3 aliphatic heterocycles. The molecular weight excluding hydrogens is 1080 g/mol. The molecule has 5 heterocycles. The molecule has 4 aromatic rings. The molecule has 10 N–H and O–H groups in total. The van der Waals surface area contributed by atoms with Crippen LogP contribution in [0.4, 0.5) is 11.4 Å². The van der Waals surface area contributed by atoms with Gasteiger partial charge in [-0.05, 0) is 130 Å². The summed E-state index contributed by atoms with van der Waals surface area (Å²) in [6.07, 6.45) is 9.59. The van der Waals surface area contributed by atoms with Crippen molar-refractivity contribution in [3.63, 3.8) is 0 Å². The number of phenolic OH excluding ortho intramolecular Hbond substituents is 2. The third-order valence-electron chi connectivity index (χ3n) is 15.1. The minimum atomic E-state index is -1.28. The Bertz CT molecular complexity index is 3010. The van der Waals surface area contributed by atoms with Gasteiger partial charge >= 0.3 is 24.1 Å². The molecule has 0 aliphatic carbocycles. The monoisotopic (exact) mass is 1160 g/mol. The van der Waals surface area contributed by atoms with Gasteiger partial charge in [0.15, 0.2) is 11.5 Å². The van der Waals surface area contributed by atoms with Crippen LogP contribution < -0.4 is 37.5 Å². The number of amides is 6. The smallest absolute Gasteiger partial charge is 0.349 e. The zero-order valence-corrected chi connectivity index (χ0v) is 48.2. The first-order chi connectivity index (χ1) is 38.9. The van der Waals surface area contributed by atoms with E-state index in [1.54, 1.807) is 24.7 Å². The number of fused-ring (bicyclic) bond motifs is 2. The van der Waals surface area contributed by atoms with E-state index >= 15 is 0 Å². The molecule has 2 aromatic carbocycles. The van der Waals surface area contributed by atoms with Gasteiger partial charge in [0.2, 0.25) is 17.7 Å². The Morgan fingerprint density at radius 3 is 2.41 bits per heavy atom. The van der Waals surface area contributed by atoms with E-state index in [2.05, 4.69) is 65.6 Å². The highest BCUT2D eigenvalue weighted by Crippen LogP contribution is 2.41. The molecular formula is C58H79N8O15S+. The minimum absolute atomic E-state index is 0.0122. The third-order valence-corrected chi connectivity index (χ3v) is 15.8. The number of nitrogens with one attached hydrogen (secondary N) is 4. The molecule has 0 radical (unpaired) electrons. The van der Waals surface area contributed by atoms with Crippen LogP contribution in [0.5, 0.6) is 11.5 Å². The Hall–Kier alpha value is -7.44. The molecule has 7 rings (SSSR count). The number of unbranched alkanes of at least 4 members (excludes halogenated alkanes) is 1. The number of hydroxylamine groups is 4. The number of anilines is 2. The van der Waals surface area contributed by atoms with Crippen LogP contribution in [0.1, 0.15) is 149 Å². The van der Waals surface area contributed by atoms with Gasteiger partial charge in [-0.2, -0.15) is 12.6 Å². The summed E-state index contributed by atoms with van der Waals surface area (Å²) >= 11 is 4.46. The number of nitrogens with two attached hydrogens (primary N) is 1. The number of nitrogen functional groups attached to an aromatic ring is 1. The standard InChI is InChI=1S/C36H58N6O11S.C22H20N2O4/c1-6-35(3,4)20-36(5,21-54)18-29(46)41(51)15-9-8-12-25(40-28(45)19-38-32(48)30-23(37)13-14-26(43)31(30)47)34(50)53-22(2)17-27(44)39-24-11-7-10-16-42(52)33(24)49;25-21(23-12-14-4-3-9-27-13-14)18-11-16-10-15-5-1-7-24-8-2-6-17(19(15)24)20(16)28-22(18)26/h13-14,22,24-25,43,47,51-52,54H,6-12,15-21,37H2,1-5H3,(H,38,48)(H,39,44)(H,40,45);3-4,9-11,13H,1-2,5-8,12H2/p+1. The van der Waals surface area contributed by atoms with Crippen LogP contribution in [0.25, 0.3) is 11.0 Å². The fraction of sp³-hybridized carbons (Fsp3) is 0.534. The lowest BCUT2D eigenvalue weighted by Gasteiger charge is -2.37.